The van der Waals surface area contributed by atoms with Crippen molar-refractivity contribution in [3.05, 3.63) is 59.1 Å². The van der Waals surface area contributed by atoms with Crippen molar-refractivity contribution in [1.29, 1.82) is 0 Å². The molecule has 1 aliphatic rings. The number of ether oxygens (including phenoxy) is 1. The minimum absolute atomic E-state index is 0.0549. The van der Waals surface area contributed by atoms with E-state index < -0.39 is 6.61 Å². The van der Waals surface area contributed by atoms with E-state index in [0.29, 0.717) is 36.9 Å². The molecule has 154 valence electrons. The smallest absolute Gasteiger partial charge is 0.387 e. The SMILES string of the molecule is O=C(CN1CCN(C(=O)c2cccc(OC(F)F)c2)CC1)Nc1ccccc1Cl. The number of carbonyl (C=O) groups is 2. The molecule has 2 aromatic carbocycles. The Hall–Kier alpha value is -2.71. The third-order valence-electron chi connectivity index (χ3n) is 4.48. The van der Waals surface area contributed by atoms with Gasteiger partial charge in [-0.3, -0.25) is 14.5 Å². The van der Waals surface area contributed by atoms with E-state index >= 15 is 0 Å². The van der Waals surface area contributed by atoms with Crippen molar-refractivity contribution in [3.8, 4) is 5.75 Å². The lowest BCUT2D eigenvalue weighted by Gasteiger charge is -2.34. The molecule has 1 heterocycles. The zero-order valence-corrected chi connectivity index (χ0v) is 16.2. The van der Waals surface area contributed by atoms with E-state index in [1.54, 1.807) is 35.2 Å². The monoisotopic (exact) mass is 423 g/mol. The minimum atomic E-state index is -2.94. The summed E-state index contributed by atoms with van der Waals surface area (Å²) in [6.07, 6.45) is 0. The zero-order chi connectivity index (χ0) is 20.8. The van der Waals surface area contributed by atoms with E-state index in [2.05, 4.69) is 10.1 Å². The van der Waals surface area contributed by atoms with Gasteiger partial charge in [0.25, 0.3) is 5.91 Å². The van der Waals surface area contributed by atoms with E-state index in [1.807, 2.05) is 4.90 Å². The first-order chi connectivity index (χ1) is 13.9. The van der Waals surface area contributed by atoms with Crippen molar-refractivity contribution in [3.63, 3.8) is 0 Å². The fraction of sp³-hybridized carbons (Fsp3) is 0.300. The maximum atomic E-state index is 12.6. The molecule has 1 saturated heterocycles. The van der Waals surface area contributed by atoms with Crippen molar-refractivity contribution in [2.24, 2.45) is 0 Å². The molecule has 2 amide bonds. The molecule has 0 aliphatic carbocycles. The summed E-state index contributed by atoms with van der Waals surface area (Å²) in [6.45, 7) is -0.855. The maximum absolute atomic E-state index is 12.6. The summed E-state index contributed by atoms with van der Waals surface area (Å²) in [4.78, 5) is 28.4. The Morgan fingerprint density at radius 2 is 1.79 bits per heavy atom. The van der Waals surface area contributed by atoms with Crippen LogP contribution in [0.2, 0.25) is 5.02 Å². The summed E-state index contributed by atoms with van der Waals surface area (Å²) in [5.74, 6) is -0.500. The molecule has 0 aromatic heterocycles. The van der Waals surface area contributed by atoms with Gasteiger partial charge in [0.1, 0.15) is 5.75 Å². The van der Waals surface area contributed by atoms with Crippen LogP contribution in [-0.2, 0) is 4.79 Å². The lowest BCUT2D eigenvalue weighted by Crippen LogP contribution is -2.50. The molecule has 1 aliphatic heterocycles. The Morgan fingerprint density at radius 3 is 2.48 bits per heavy atom. The summed E-state index contributed by atoms with van der Waals surface area (Å²) in [6, 6.07) is 12.7. The fourth-order valence-corrected chi connectivity index (χ4v) is 3.24. The van der Waals surface area contributed by atoms with Crippen LogP contribution in [0.1, 0.15) is 10.4 Å². The van der Waals surface area contributed by atoms with Gasteiger partial charge in [0.2, 0.25) is 5.91 Å². The lowest BCUT2D eigenvalue weighted by molar-refractivity contribution is -0.117. The number of amides is 2. The van der Waals surface area contributed by atoms with Gasteiger partial charge in [-0.25, -0.2) is 0 Å². The second-order valence-corrected chi connectivity index (χ2v) is 6.91. The van der Waals surface area contributed by atoms with Gasteiger partial charge in [-0.05, 0) is 30.3 Å². The summed E-state index contributed by atoms with van der Waals surface area (Å²) < 4.78 is 29.0. The molecule has 2 aromatic rings. The van der Waals surface area contributed by atoms with E-state index in [0.717, 1.165) is 0 Å². The van der Waals surface area contributed by atoms with Crippen molar-refractivity contribution in [2.75, 3.05) is 38.0 Å². The number of hydrogen-bond donors (Lipinski definition) is 1. The first-order valence-corrected chi connectivity index (χ1v) is 9.41. The first kappa shape index (κ1) is 21.0. The molecular formula is C20H20ClF2N3O3. The molecule has 0 radical (unpaired) electrons. The number of hydrogen-bond acceptors (Lipinski definition) is 4. The van der Waals surface area contributed by atoms with Gasteiger partial charge in [-0.1, -0.05) is 29.8 Å². The van der Waals surface area contributed by atoms with Crippen molar-refractivity contribution in [2.45, 2.75) is 6.61 Å². The number of halogens is 3. The summed E-state index contributed by atoms with van der Waals surface area (Å²) in [7, 11) is 0. The number of rotatable bonds is 6. The number of nitrogens with zero attached hydrogens (tertiary/aromatic N) is 2. The molecular weight excluding hydrogens is 404 g/mol. The molecule has 0 atom stereocenters. The fourth-order valence-electron chi connectivity index (χ4n) is 3.05. The molecule has 6 nitrogen and oxygen atoms in total. The van der Waals surface area contributed by atoms with Crippen LogP contribution >= 0.6 is 11.6 Å². The Balaban J connectivity index is 1.50. The van der Waals surface area contributed by atoms with Crippen LogP contribution in [0.15, 0.2) is 48.5 Å². The summed E-state index contributed by atoms with van der Waals surface area (Å²) in [5, 5.41) is 3.24. The van der Waals surface area contributed by atoms with Crippen LogP contribution < -0.4 is 10.1 Å². The average Bonchev–Trinajstić information content (AvgIpc) is 2.69. The van der Waals surface area contributed by atoms with Crippen LogP contribution in [0.5, 0.6) is 5.75 Å². The second-order valence-electron chi connectivity index (χ2n) is 6.50. The molecule has 1 fully saturated rings. The van der Waals surface area contributed by atoms with Crippen molar-refractivity contribution < 1.29 is 23.1 Å². The first-order valence-electron chi connectivity index (χ1n) is 9.03. The standard InChI is InChI=1S/C20H20ClF2N3O3/c21-16-6-1-2-7-17(16)24-18(27)13-25-8-10-26(11-9-25)19(28)14-4-3-5-15(12-14)29-20(22)23/h1-7,12,20H,8-11,13H2,(H,24,27). The highest BCUT2D eigenvalue weighted by Crippen LogP contribution is 2.21. The quantitative estimate of drug-likeness (QED) is 0.774. The topological polar surface area (TPSA) is 61.9 Å². The van der Waals surface area contributed by atoms with Crippen LogP contribution in [0.25, 0.3) is 0 Å². The average molecular weight is 424 g/mol. The van der Waals surface area contributed by atoms with E-state index in [9.17, 15) is 18.4 Å². The third kappa shape index (κ3) is 5.88. The van der Waals surface area contributed by atoms with Gasteiger partial charge < -0.3 is 15.0 Å². The molecule has 3 rings (SSSR count). The molecule has 0 saturated carbocycles. The number of para-hydroxylation sites is 1. The summed E-state index contributed by atoms with van der Waals surface area (Å²) >= 11 is 6.04. The van der Waals surface area contributed by atoms with Gasteiger partial charge in [0.05, 0.1) is 17.3 Å². The van der Waals surface area contributed by atoms with Crippen molar-refractivity contribution >= 4 is 29.1 Å². The van der Waals surface area contributed by atoms with Gasteiger partial charge >= 0.3 is 6.61 Å². The van der Waals surface area contributed by atoms with Crippen LogP contribution in [-0.4, -0.2) is 60.9 Å². The molecule has 0 unspecified atom stereocenters. The van der Waals surface area contributed by atoms with Gasteiger partial charge in [0, 0.05) is 31.7 Å². The van der Waals surface area contributed by atoms with Crippen LogP contribution in [0, 0.1) is 0 Å². The maximum Gasteiger partial charge on any atom is 0.387 e. The van der Waals surface area contributed by atoms with Crippen LogP contribution in [0.4, 0.5) is 14.5 Å². The Morgan fingerprint density at radius 1 is 1.07 bits per heavy atom. The van der Waals surface area contributed by atoms with Gasteiger partial charge in [-0.15, -0.1) is 0 Å². The van der Waals surface area contributed by atoms with Crippen molar-refractivity contribution in [1.82, 2.24) is 9.80 Å². The Labute approximate surface area is 172 Å². The van der Waals surface area contributed by atoms with Gasteiger partial charge in [0.15, 0.2) is 0 Å². The van der Waals surface area contributed by atoms with E-state index in [4.69, 9.17) is 11.6 Å². The van der Waals surface area contributed by atoms with Gasteiger partial charge in [-0.2, -0.15) is 8.78 Å². The number of nitrogens with one attached hydrogen (secondary N) is 1. The molecule has 29 heavy (non-hydrogen) atoms. The number of piperazine rings is 1. The predicted octanol–water partition coefficient (Wildman–Crippen LogP) is 3.34. The normalized spacial score (nSPS) is 14.7. The number of anilines is 1. The zero-order valence-electron chi connectivity index (χ0n) is 15.5. The predicted molar refractivity (Wildman–Crippen MR) is 105 cm³/mol. The number of carbonyl (C=O) groups excluding carboxylic acids is 2. The highest BCUT2D eigenvalue weighted by molar-refractivity contribution is 6.33. The van der Waals surface area contributed by atoms with Crippen LogP contribution in [0.3, 0.4) is 0 Å². The minimum Gasteiger partial charge on any atom is -0.435 e. The highest BCUT2D eigenvalue weighted by Gasteiger charge is 2.24. The molecule has 0 bridgehead atoms. The number of benzene rings is 2. The lowest BCUT2D eigenvalue weighted by atomic mass is 10.1. The Bertz CT molecular complexity index is 874. The third-order valence-corrected chi connectivity index (χ3v) is 4.81. The molecule has 9 heteroatoms. The second kappa shape index (κ2) is 9.67. The molecule has 1 N–H and O–H groups in total. The number of alkyl halides is 2. The largest absolute Gasteiger partial charge is 0.435 e. The molecule has 0 spiro atoms. The summed E-state index contributed by atoms with van der Waals surface area (Å²) in [5.41, 5.74) is 0.840. The highest BCUT2D eigenvalue weighted by atomic mass is 35.5. The van der Waals surface area contributed by atoms with E-state index in [1.165, 1.54) is 18.2 Å². The Kier molecular flexibility index (Phi) is 7.00. The van der Waals surface area contributed by atoms with E-state index in [-0.39, 0.29) is 29.7 Å².